The van der Waals surface area contributed by atoms with Crippen LogP contribution in [-0.4, -0.2) is 16.7 Å². The molecule has 0 atom stereocenters. The van der Waals surface area contributed by atoms with Crippen molar-refractivity contribution >= 4 is 23.1 Å². The number of benzene rings is 5. The maximum Gasteiger partial charge on any atom is 0.239 e. The van der Waals surface area contributed by atoms with Crippen LogP contribution in [0.4, 0.5) is 0 Å². The van der Waals surface area contributed by atoms with E-state index in [1.807, 2.05) is 48.8 Å². The molecule has 263 valence electrons. The number of hydrogen-bond acceptors (Lipinski definition) is 4. The van der Waals surface area contributed by atoms with Gasteiger partial charge in [-0.2, -0.15) is 0 Å². The van der Waals surface area contributed by atoms with Gasteiger partial charge in [0.1, 0.15) is 11.5 Å². The molecule has 9 rings (SSSR count). The van der Waals surface area contributed by atoms with Gasteiger partial charge in [-0.3, -0.25) is 0 Å². The van der Waals surface area contributed by atoms with E-state index in [9.17, 15) is 0 Å². The molecular weight excluding hydrogens is 828 g/mol. The largest absolute Gasteiger partial charge is 0.503 e. The van der Waals surface area contributed by atoms with Gasteiger partial charge in [-0.1, -0.05) is 129 Å². The Balaban J connectivity index is 0.000000174. The fourth-order valence-electron chi connectivity index (χ4n) is 6.96. The third-order valence-corrected chi connectivity index (χ3v) is 10.0. The van der Waals surface area contributed by atoms with Crippen LogP contribution in [0.15, 0.2) is 128 Å². The second-order valence-electron chi connectivity index (χ2n) is 14.6. The van der Waals surface area contributed by atoms with Gasteiger partial charge in [-0.05, 0) is 76.5 Å². The molecule has 0 unspecified atom stereocenters. The molecule has 0 amide bonds. The van der Waals surface area contributed by atoms with Gasteiger partial charge >= 0.3 is 0 Å². The summed E-state index contributed by atoms with van der Waals surface area (Å²) in [6.45, 7) is 13.0. The molecule has 2 aliphatic rings. The number of ether oxygens (including phenoxy) is 2. The van der Waals surface area contributed by atoms with E-state index in [1.54, 1.807) is 0 Å². The molecule has 1 radical (unpaired) electrons. The molecule has 7 aromatic rings. The van der Waals surface area contributed by atoms with E-state index in [-0.39, 0.29) is 32.2 Å². The maximum absolute atomic E-state index is 6.50. The summed E-state index contributed by atoms with van der Waals surface area (Å²) in [6.07, 6.45) is 3.80. The van der Waals surface area contributed by atoms with Crippen LogP contribution >= 0.6 is 0 Å². The van der Waals surface area contributed by atoms with Crippen molar-refractivity contribution in [2.75, 3.05) is 0 Å². The molecule has 0 saturated heterocycles. The Labute approximate surface area is 326 Å². The average molecular weight is 867 g/mol. The van der Waals surface area contributed by atoms with Crippen molar-refractivity contribution in [3.8, 4) is 56.6 Å². The number of nitrogens with zero attached hydrogens (tertiary/aromatic N) is 2. The van der Waals surface area contributed by atoms with Crippen molar-refractivity contribution in [3.05, 3.63) is 162 Å². The van der Waals surface area contributed by atoms with Crippen LogP contribution < -0.4 is 25.9 Å². The van der Waals surface area contributed by atoms with Crippen molar-refractivity contribution in [3.63, 3.8) is 0 Å². The zero-order valence-corrected chi connectivity index (χ0v) is 33.1. The first-order valence-electron chi connectivity index (χ1n) is 17.8. The van der Waals surface area contributed by atoms with E-state index >= 15 is 0 Å². The fourth-order valence-corrected chi connectivity index (χ4v) is 6.96. The van der Waals surface area contributed by atoms with E-state index in [2.05, 4.69) is 143 Å². The summed E-state index contributed by atoms with van der Waals surface area (Å²) in [6, 6.07) is 46.2. The van der Waals surface area contributed by atoms with Crippen molar-refractivity contribution in [2.45, 2.75) is 47.0 Å². The van der Waals surface area contributed by atoms with E-state index in [4.69, 9.17) is 9.47 Å². The predicted molar refractivity (Wildman–Crippen MR) is 213 cm³/mol. The minimum Gasteiger partial charge on any atom is -0.503 e. The molecule has 0 fully saturated rings. The average Bonchev–Trinajstić information content (AvgIpc) is 3.16. The summed E-state index contributed by atoms with van der Waals surface area (Å²) in [5.74, 6) is 3.34. The Kier molecular flexibility index (Phi) is 9.96. The Morgan fingerprint density at radius 1 is 0.623 bits per heavy atom. The minimum atomic E-state index is 0. The van der Waals surface area contributed by atoms with Crippen molar-refractivity contribution in [1.82, 2.24) is 9.97 Å². The van der Waals surface area contributed by atoms with Gasteiger partial charge in [0, 0.05) is 44.0 Å². The molecule has 0 saturated carbocycles. The molecule has 5 aromatic carbocycles. The molecular formula is C47H39BIrN2O2-2. The maximum atomic E-state index is 6.50. The van der Waals surface area contributed by atoms with Gasteiger partial charge in [0.05, 0.1) is 0 Å². The number of rotatable bonds is 3. The van der Waals surface area contributed by atoms with Gasteiger partial charge in [0.15, 0.2) is 0 Å². The fraction of sp³-hybridized carbons (Fsp3) is 0.149. The minimum absolute atomic E-state index is 0. The Morgan fingerprint density at radius 2 is 1.30 bits per heavy atom. The number of hydrogen-bond donors (Lipinski definition) is 0. The van der Waals surface area contributed by atoms with Crippen LogP contribution in [0, 0.1) is 32.9 Å². The first-order chi connectivity index (χ1) is 25.2. The molecule has 0 aliphatic carbocycles. The monoisotopic (exact) mass is 867 g/mol. The molecule has 6 heteroatoms. The van der Waals surface area contributed by atoms with Crippen LogP contribution in [0.2, 0.25) is 0 Å². The quantitative estimate of drug-likeness (QED) is 0.131. The van der Waals surface area contributed by atoms with Gasteiger partial charge in [0.2, 0.25) is 6.71 Å². The smallest absolute Gasteiger partial charge is 0.239 e. The van der Waals surface area contributed by atoms with Gasteiger partial charge < -0.3 is 19.4 Å². The van der Waals surface area contributed by atoms with Crippen molar-refractivity contribution in [2.24, 2.45) is 0 Å². The Hall–Kier alpha value is -5.29. The SMILES string of the molecule is CC(C)(C)c1ccnc(-c2[c-]cc3c4c2Oc2ccccc2B4c2ccccc2O3)c1.Cc1cnc(-c2[c-]cc(C)c(-c3ccccc3)c2)cc1C.[Ir]. The molecule has 2 aromatic heterocycles. The standard InChI is InChI=1S/C27H21BNO2.C20H18N.Ir/c1-27(2,3)17-14-15-29-21(16-17)18-12-13-24-25-26(18)31-23-11-7-5-9-20(23)28(25)19-8-4-6-10-22(19)30-24;1-14-9-10-18(20-11-15(2)16(3)13-21-20)12-19(14)17-7-5-4-6-8-17;/h4-11,13-16H,1-3H3;4-9,11-13H,1-3H3;/q2*-1;. The normalized spacial score (nSPS) is 12.1. The molecule has 4 heterocycles. The molecule has 4 nitrogen and oxygen atoms in total. The second-order valence-corrected chi connectivity index (χ2v) is 14.6. The van der Waals surface area contributed by atoms with E-state index in [1.165, 1.54) is 33.4 Å². The van der Waals surface area contributed by atoms with Crippen LogP contribution in [0.5, 0.6) is 23.0 Å². The number of aromatic nitrogens is 2. The summed E-state index contributed by atoms with van der Waals surface area (Å²) in [4.78, 5) is 9.22. The van der Waals surface area contributed by atoms with E-state index < -0.39 is 0 Å². The Bertz CT molecular complexity index is 2440. The van der Waals surface area contributed by atoms with Crippen LogP contribution in [-0.2, 0) is 25.5 Å². The van der Waals surface area contributed by atoms with Gasteiger partial charge in [0.25, 0.3) is 0 Å². The zero-order chi connectivity index (χ0) is 36.0. The number of para-hydroxylation sites is 2. The second kappa shape index (κ2) is 14.6. The first-order valence-corrected chi connectivity index (χ1v) is 17.8. The molecule has 0 N–H and O–H groups in total. The van der Waals surface area contributed by atoms with Gasteiger partial charge in [-0.15, -0.1) is 41.5 Å². The third-order valence-electron chi connectivity index (χ3n) is 10.0. The first kappa shape index (κ1) is 36.1. The number of pyridine rings is 2. The van der Waals surface area contributed by atoms with Crippen molar-refractivity contribution < 1.29 is 29.6 Å². The van der Waals surface area contributed by atoms with E-state index in [0.29, 0.717) is 0 Å². The summed E-state index contributed by atoms with van der Waals surface area (Å²) in [7, 11) is 0. The molecule has 0 spiro atoms. The summed E-state index contributed by atoms with van der Waals surface area (Å²) in [5.41, 5.74) is 14.5. The zero-order valence-electron chi connectivity index (χ0n) is 30.7. The van der Waals surface area contributed by atoms with Crippen LogP contribution in [0.3, 0.4) is 0 Å². The van der Waals surface area contributed by atoms with Crippen LogP contribution in [0.1, 0.15) is 43.0 Å². The number of fused-ring (bicyclic) bond motifs is 4. The van der Waals surface area contributed by atoms with Crippen molar-refractivity contribution in [1.29, 1.82) is 0 Å². The topological polar surface area (TPSA) is 44.2 Å². The summed E-state index contributed by atoms with van der Waals surface area (Å²) >= 11 is 0. The molecule has 2 aliphatic heterocycles. The summed E-state index contributed by atoms with van der Waals surface area (Å²) in [5, 5.41) is 0. The van der Waals surface area contributed by atoms with E-state index in [0.717, 1.165) is 61.9 Å². The summed E-state index contributed by atoms with van der Waals surface area (Å²) < 4.78 is 12.8. The van der Waals surface area contributed by atoms with Crippen LogP contribution in [0.25, 0.3) is 33.6 Å². The Morgan fingerprint density at radius 3 is 2.00 bits per heavy atom. The molecule has 53 heavy (non-hydrogen) atoms. The predicted octanol–water partition coefficient (Wildman–Crippen LogP) is 9.71. The van der Waals surface area contributed by atoms with Gasteiger partial charge in [-0.25, -0.2) is 0 Å². The number of aryl methyl sites for hydroxylation is 3. The third kappa shape index (κ3) is 6.98. The molecule has 0 bridgehead atoms.